The molecule has 0 spiro atoms. The summed E-state index contributed by atoms with van der Waals surface area (Å²) in [7, 11) is 0. The number of fused-ring (bicyclic) bond motifs is 1. The second-order valence-electron chi connectivity index (χ2n) is 6.34. The van der Waals surface area contributed by atoms with Gasteiger partial charge in [0.25, 0.3) is 0 Å². The topological polar surface area (TPSA) is 72.7 Å². The maximum Gasteiger partial charge on any atom is 0.231 e. The quantitative estimate of drug-likeness (QED) is 0.897. The molecule has 24 heavy (non-hydrogen) atoms. The predicted molar refractivity (Wildman–Crippen MR) is 86.7 cm³/mol. The average molecular weight is 330 g/mol. The molecule has 2 aromatic rings. The Labute approximate surface area is 140 Å². The molecule has 4 rings (SSSR count). The van der Waals surface area contributed by atoms with Crippen molar-refractivity contribution in [3.63, 3.8) is 0 Å². The van der Waals surface area contributed by atoms with Gasteiger partial charge in [0.2, 0.25) is 12.7 Å². The maximum absolute atomic E-state index is 5.57. The van der Waals surface area contributed by atoms with Gasteiger partial charge in [-0.15, -0.1) is 0 Å². The molecule has 1 aromatic carbocycles. The van der Waals surface area contributed by atoms with E-state index >= 15 is 0 Å². The fraction of sp³-hybridized carbons (Fsp3) is 0.529. The summed E-state index contributed by atoms with van der Waals surface area (Å²) in [6.45, 7) is 5.72. The van der Waals surface area contributed by atoms with Gasteiger partial charge in [-0.1, -0.05) is 17.3 Å². The Morgan fingerprint density at radius 2 is 2.29 bits per heavy atom. The van der Waals surface area contributed by atoms with E-state index in [1.165, 1.54) is 12.8 Å². The van der Waals surface area contributed by atoms with Gasteiger partial charge in [-0.2, -0.15) is 4.98 Å². The van der Waals surface area contributed by atoms with Crippen LogP contribution < -0.4 is 14.8 Å². The first-order valence-corrected chi connectivity index (χ1v) is 8.40. The molecule has 3 heterocycles. The minimum Gasteiger partial charge on any atom is -0.454 e. The number of para-hydroxylation sites is 1. The van der Waals surface area contributed by atoms with Gasteiger partial charge in [0.15, 0.2) is 17.3 Å². The molecule has 0 aliphatic carbocycles. The number of aromatic nitrogens is 2. The lowest BCUT2D eigenvalue weighted by Crippen LogP contribution is -2.45. The number of aryl methyl sites for hydroxylation is 1. The molecule has 1 N–H and O–H groups in total. The zero-order valence-corrected chi connectivity index (χ0v) is 13.8. The molecule has 1 unspecified atom stereocenters. The highest BCUT2D eigenvalue weighted by molar-refractivity contribution is 5.48. The highest BCUT2D eigenvalue weighted by Gasteiger charge is 2.22. The number of piperidine rings is 1. The van der Waals surface area contributed by atoms with Crippen LogP contribution in [0, 0.1) is 6.92 Å². The minimum atomic E-state index is 0.313. The van der Waals surface area contributed by atoms with E-state index in [0.29, 0.717) is 18.7 Å². The third-order valence-electron chi connectivity index (χ3n) is 4.50. The third kappa shape index (κ3) is 3.37. The summed E-state index contributed by atoms with van der Waals surface area (Å²) < 4.78 is 16.1. The zero-order chi connectivity index (χ0) is 16.4. The highest BCUT2D eigenvalue weighted by Crippen LogP contribution is 2.35. The van der Waals surface area contributed by atoms with E-state index in [9.17, 15) is 0 Å². The number of ether oxygens (including phenoxy) is 2. The van der Waals surface area contributed by atoms with Crippen LogP contribution in [0.25, 0.3) is 0 Å². The van der Waals surface area contributed by atoms with Gasteiger partial charge in [-0.25, -0.2) is 0 Å². The molecule has 0 radical (unpaired) electrons. The first kappa shape index (κ1) is 15.4. The number of nitrogens with one attached hydrogen (secondary N) is 1. The van der Waals surface area contributed by atoms with Crippen molar-refractivity contribution < 1.29 is 14.0 Å². The molecule has 7 heteroatoms. The summed E-state index contributed by atoms with van der Waals surface area (Å²) in [6.07, 6.45) is 2.34. The minimum absolute atomic E-state index is 0.313. The molecule has 1 aromatic heterocycles. The van der Waals surface area contributed by atoms with Gasteiger partial charge >= 0.3 is 0 Å². The van der Waals surface area contributed by atoms with Crippen LogP contribution >= 0.6 is 0 Å². The molecular formula is C17H22N4O3. The van der Waals surface area contributed by atoms with Crippen LogP contribution in [0.15, 0.2) is 22.7 Å². The lowest BCUT2D eigenvalue weighted by Gasteiger charge is -2.32. The van der Waals surface area contributed by atoms with Crippen LogP contribution in [0.1, 0.15) is 30.1 Å². The molecule has 128 valence electrons. The van der Waals surface area contributed by atoms with E-state index in [1.807, 2.05) is 19.1 Å². The average Bonchev–Trinajstić information content (AvgIpc) is 3.22. The number of likely N-dealkylation sites (tertiary alicyclic amines) is 1. The standard InChI is InChI=1S/C17H22N4O3/c1-12-19-16(20-24-12)10-21-7-3-5-14(9-21)18-8-13-4-2-6-15-17(13)23-11-22-15/h2,4,6,14,18H,3,5,7-11H2,1H3. The van der Waals surface area contributed by atoms with E-state index in [2.05, 4.69) is 26.4 Å². The molecule has 2 aliphatic heterocycles. The summed E-state index contributed by atoms with van der Waals surface area (Å²) in [5, 5.41) is 7.64. The summed E-state index contributed by atoms with van der Waals surface area (Å²) in [5.74, 6) is 3.10. The second kappa shape index (κ2) is 6.78. The van der Waals surface area contributed by atoms with Gasteiger partial charge in [0, 0.05) is 31.6 Å². The SMILES string of the molecule is Cc1nc(CN2CCCC(NCc3cccc4c3OCO4)C2)no1. The summed E-state index contributed by atoms with van der Waals surface area (Å²) in [6, 6.07) is 6.49. The molecule has 1 saturated heterocycles. The van der Waals surface area contributed by atoms with Crippen molar-refractivity contribution in [3.05, 3.63) is 35.5 Å². The van der Waals surface area contributed by atoms with E-state index in [-0.39, 0.29) is 0 Å². The lowest BCUT2D eigenvalue weighted by molar-refractivity contribution is 0.171. The van der Waals surface area contributed by atoms with E-state index in [0.717, 1.165) is 49.1 Å². The molecule has 0 bridgehead atoms. The number of benzene rings is 1. The van der Waals surface area contributed by atoms with Crippen molar-refractivity contribution in [1.82, 2.24) is 20.4 Å². The lowest BCUT2D eigenvalue weighted by atomic mass is 10.0. The van der Waals surface area contributed by atoms with Crippen molar-refractivity contribution in [2.75, 3.05) is 19.9 Å². The molecule has 1 atom stereocenters. The Balaban J connectivity index is 1.33. The van der Waals surface area contributed by atoms with Crippen LogP contribution in [0.4, 0.5) is 0 Å². The van der Waals surface area contributed by atoms with Crippen molar-refractivity contribution in [2.24, 2.45) is 0 Å². The third-order valence-corrected chi connectivity index (χ3v) is 4.50. The van der Waals surface area contributed by atoms with Crippen LogP contribution in [0.2, 0.25) is 0 Å². The van der Waals surface area contributed by atoms with Gasteiger partial charge in [0.1, 0.15) is 0 Å². The maximum atomic E-state index is 5.57. The number of hydrogen-bond acceptors (Lipinski definition) is 7. The monoisotopic (exact) mass is 330 g/mol. The van der Waals surface area contributed by atoms with E-state index < -0.39 is 0 Å². The van der Waals surface area contributed by atoms with Crippen LogP contribution in [-0.2, 0) is 13.1 Å². The van der Waals surface area contributed by atoms with Gasteiger partial charge < -0.3 is 19.3 Å². The van der Waals surface area contributed by atoms with Gasteiger partial charge in [0.05, 0.1) is 6.54 Å². The normalized spacial score (nSPS) is 20.5. The fourth-order valence-corrected chi connectivity index (χ4v) is 3.36. The van der Waals surface area contributed by atoms with Crippen molar-refractivity contribution >= 4 is 0 Å². The Hall–Kier alpha value is -2.12. The number of rotatable bonds is 5. The van der Waals surface area contributed by atoms with Crippen LogP contribution in [0.5, 0.6) is 11.5 Å². The van der Waals surface area contributed by atoms with Crippen molar-refractivity contribution in [1.29, 1.82) is 0 Å². The Morgan fingerprint density at radius 1 is 1.33 bits per heavy atom. The van der Waals surface area contributed by atoms with E-state index in [4.69, 9.17) is 14.0 Å². The van der Waals surface area contributed by atoms with Gasteiger partial charge in [-0.05, 0) is 25.5 Å². The highest BCUT2D eigenvalue weighted by atomic mass is 16.7. The summed E-state index contributed by atoms with van der Waals surface area (Å²) in [4.78, 5) is 6.67. The van der Waals surface area contributed by atoms with E-state index in [1.54, 1.807) is 0 Å². The smallest absolute Gasteiger partial charge is 0.231 e. The molecule has 0 saturated carbocycles. The zero-order valence-electron chi connectivity index (χ0n) is 13.8. The number of hydrogen-bond donors (Lipinski definition) is 1. The van der Waals surface area contributed by atoms with Crippen LogP contribution in [-0.4, -0.2) is 41.0 Å². The Bertz CT molecular complexity index is 703. The van der Waals surface area contributed by atoms with Crippen molar-refractivity contribution in [2.45, 2.75) is 38.9 Å². The molecule has 7 nitrogen and oxygen atoms in total. The van der Waals surface area contributed by atoms with Gasteiger partial charge in [-0.3, -0.25) is 4.90 Å². The second-order valence-corrected chi connectivity index (χ2v) is 6.34. The Morgan fingerprint density at radius 3 is 3.17 bits per heavy atom. The van der Waals surface area contributed by atoms with Crippen molar-refractivity contribution in [3.8, 4) is 11.5 Å². The molecule has 0 amide bonds. The molecule has 2 aliphatic rings. The predicted octanol–water partition coefficient (Wildman–Crippen LogP) is 1.86. The first-order valence-electron chi connectivity index (χ1n) is 8.40. The van der Waals surface area contributed by atoms with Crippen LogP contribution in [0.3, 0.4) is 0 Å². The molecular weight excluding hydrogens is 308 g/mol. The largest absolute Gasteiger partial charge is 0.454 e. The Kier molecular flexibility index (Phi) is 4.36. The number of nitrogens with zero attached hydrogens (tertiary/aromatic N) is 3. The summed E-state index contributed by atoms with van der Waals surface area (Å²) in [5.41, 5.74) is 1.15. The molecule has 1 fully saturated rings. The first-order chi connectivity index (χ1) is 11.8. The fourth-order valence-electron chi connectivity index (χ4n) is 3.36. The summed E-state index contributed by atoms with van der Waals surface area (Å²) >= 11 is 0.